The molecule has 7 heteroatoms. The van der Waals surface area contributed by atoms with E-state index in [-0.39, 0.29) is 12.3 Å². The number of anilines is 2. The number of hydrogen-bond acceptors (Lipinski definition) is 5. The molecule has 4 rings (SSSR count). The van der Waals surface area contributed by atoms with E-state index in [1.807, 2.05) is 30.0 Å². The summed E-state index contributed by atoms with van der Waals surface area (Å²) < 4.78 is 1.11. The first-order valence-corrected chi connectivity index (χ1v) is 10.9. The van der Waals surface area contributed by atoms with Crippen molar-refractivity contribution in [2.75, 3.05) is 34.8 Å². The number of thioether (sulfide) groups is 1. The fourth-order valence-corrected chi connectivity index (χ4v) is 4.97. The van der Waals surface area contributed by atoms with Crippen LogP contribution in [0.15, 0.2) is 41.4 Å². The molecular formula is C20H17IN4OS. The molecule has 27 heavy (non-hydrogen) atoms. The van der Waals surface area contributed by atoms with E-state index in [2.05, 4.69) is 44.9 Å². The van der Waals surface area contributed by atoms with E-state index in [0.29, 0.717) is 11.3 Å². The van der Waals surface area contributed by atoms with Gasteiger partial charge in [-0.3, -0.25) is 9.79 Å². The maximum atomic E-state index is 12.4. The monoisotopic (exact) mass is 488 g/mol. The minimum absolute atomic E-state index is 0.0900. The van der Waals surface area contributed by atoms with Gasteiger partial charge in [0.05, 0.1) is 40.8 Å². The molecule has 2 heterocycles. The Bertz CT molecular complexity index is 976. The summed E-state index contributed by atoms with van der Waals surface area (Å²) >= 11 is 4.31. The van der Waals surface area contributed by atoms with Crippen molar-refractivity contribution in [3.8, 4) is 6.07 Å². The molecule has 1 amide bonds. The quantitative estimate of drug-likeness (QED) is 0.645. The van der Waals surface area contributed by atoms with Gasteiger partial charge in [-0.1, -0.05) is 12.1 Å². The SMILES string of the molecule is N#Cc1cccc(C2=Nc3cc(N4CCSCC4)c(I)cc3NC(=O)C2)c1. The van der Waals surface area contributed by atoms with Gasteiger partial charge in [0.15, 0.2) is 0 Å². The molecule has 136 valence electrons. The molecule has 0 unspecified atom stereocenters. The predicted molar refractivity (Wildman–Crippen MR) is 119 cm³/mol. The molecule has 0 bridgehead atoms. The van der Waals surface area contributed by atoms with Crippen molar-refractivity contribution in [3.63, 3.8) is 0 Å². The van der Waals surface area contributed by atoms with Gasteiger partial charge in [-0.25, -0.2) is 0 Å². The number of nitriles is 1. The third kappa shape index (κ3) is 3.96. The topological polar surface area (TPSA) is 68.5 Å². The zero-order valence-corrected chi connectivity index (χ0v) is 17.5. The minimum Gasteiger partial charge on any atom is -0.369 e. The molecule has 1 fully saturated rings. The number of halogens is 1. The fraction of sp³-hybridized carbons (Fsp3) is 0.250. The first-order chi connectivity index (χ1) is 13.1. The van der Waals surface area contributed by atoms with Gasteiger partial charge in [-0.05, 0) is 52.4 Å². The summed E-state index contributed by atoms with van der Waals surface area (Å²) in [6.45, 7) is 2.04. The van der Waals surface area contributed by atoms with Crippen LogP contribution >= 0.6 is 34.4 Å². The Hall–Kier alpha value is -2.05. The molecule has 0 aromatic heterocycles. The highest BCUT2D eigenvalue weighted by atomic mass is 127. The summed E-state index contributed by atoms with van der Waals surface area (Å²) in [5.41, 5.74) is 4.74. The number of nitrogens with one attached hydrogen (secondary N) is 1. The number of amides is 1. The molecule has 0 saturated carbocycles. The maximum absolute atomic E-state index is 12.4. The molecule has 5 nitrogen and oxygen atoms in total. The second-order valence-corrected chi connectivity index (χ2v) is 8.78. The molecule has 2 aliphatic rings. The number of rotatable bonds is 2. The van der Waals surface area contributed by atoms with E-state index in [1.165, 1.54) is 5.69 Å². The normalized spacial score (nSPS) is 16.7. The molecule has 2 aromatic rings. The Kier molecular flexibility index (Phi) is 5.36. The standard InChI is InChI=1S/C20H17IN4OS/c21-15-9-17-18(10-19(15)25-4-6-27-7-5-25)23-16(11-20(26)24-17)14-3-1-2-13(8-14)12-22/h1-3,8-10H,4-7,11H2,(H,24,26). The lowest BCUT2D eigenvalue weighted by atomic mass is 10.0. The van der Waals surface area contributed by atoms with Crippen LogP contribution in [0.1, 0.15) is 17.5 Å². The molecule has 1 N–H and O–H groups in total. The highest BCUT2D eigenvalue weighted by Gasteiger charge is 2.21. The zero-order chi connectivity index (χ0) is 18.8. The summed E-state index contributed by atoms with van der Waals surface area (Å²) in [4.78, 5) is 19.6. The van der Waals surface area contributed by atoms with Gasteiger partial charge in [0.25, 0.3) is 0 Å². The molecule has 1 saturated heterocycles. The lowest BCUT2D eigenvalue weighted by Crippen LogP contribution is -2.33. The van der Waals surface area contributed by atoms with Gasteiger partial charge in [-0.15, -0.1) is 0 Å². The van der Waals surface area contributed by atoms with E-state index < -0.39 is 0 Å². The molecule has 0 atom stereocenters. The van der Waals surface area contributed by atoms with E-state index in [9.17, 15) is 4.79 Å². The van der Waals surface area contributed by atoms with Crippen LogP contribution in [0.25, 0.3) is 0 Å². The first kappa shape index (κ1) is 18.3. The lowest BCUT2D eigenvalue weighted by molar-refractivity contribution is -0.115. The summed E-state index contributed by atoms with van der Waals surface area (Å²) in [7, 11) is 0. The average molecular weight is 488 g/mol. The molecule has 0 radical (unpaired) electrons. The predicted octanol–water partition coefficient (Wildman–Crippen LogP) is 4.18. The molecule has 0 spiro atoms. The second-order valence-electron chi connectivity index (χ2n) is 6.40. The zero-order valence-electron chi connectivity index (χ0n) is 14.5. The van der Waals surface area contributed by atoms with Crippen LogP contribution in [0.5, 0.6) is 0 Å². The van der Waals surface area contributed by atoms with Crippen LogP contribution < -0.4 is 10.2 Å². The van der Waals surface area contributed by atoms with Crippen molar-refractivity contribution < 1.29 is 4.79 Å². The van der Waals surface area contributed by atoms with Crippen LogP contribution in [-0.4, -0.2) is 36.2 Å². The number of hydrogen-bond donors (Lipinski definition) is 1. The Labute approximate surface area is 176 Å². The van der Waals surface area contributed by atoms with Gasteiger partial charge in [0.1, 0.15) is 0 Å². The number of fused-ring (bicyclic) bond motifs is 1. The Morgan fingerprint density at radius 2 is 2.04 bits per heavy atom. The largest absolute Gasteiger partial charge is 0.369 e. The van der Waals surface area contributed by atoms with E-state index >= 15 is 0 Å². The van der Waals surface area contributed by atoms with Crippen LogP contribution in [0, 0.1) is 14.9 Å². The van der Waals surface area contributed by atoms with Crippen LogP contribution in [0.3, 0.4) is 0 Å². The average Bonchev–Trinajstić information content (AvgIpc) is 2.85. The molecule has 0 aliphatic carbocycles. The highest BCUT2D eigenvalue weighted by molar-refractivity contribution is 14.1. The van der Waals surface area contributed by atoms with Gasteiger partial charge < -0.3 is 10.2 Å². The number of nitrogens with zero attached hydrogens (tertiary/aromatic N) is 3. The smallest absolute Gasteiger partial charge is 0.230 e. The van der Waals surface area contributed by atoms with E-state index in [4.69, 9.17) is 10.3 Å². The van der Waals surface area contributed by atoms with Crippen molar-refractivity contribution in [1.82, 2.24) is 0 Å². The van der Waals surface area contributed by atoms with Crippen molar-refractivity contribution >= 4 is 63.0 Å². The number of benzene rings is 2. The van der Waals surface area contributed by atoms with Gasteiger partial charge in [0, 0.05) is 28.2 Å². The maximum Gasteiger partial charge on any atom is 0.230 e. The first-order valence-electron chi connectivity index (χ1n) is 8.68. The highest BCUT2D eigenvalue weighted by Crippen LogP contribution is 2.37. The molecule has 2 aromatic carbocycles. The van der Waals surface area contributed by atoms with Gasteiger partial charge >= 0.3 is 0 Å². The molecular weight excluding hydrogens is 471 g/mol. The Morgan fingerprint density at radius 3 is 2.81 bits per heavy atom. The van der Waals surface area contributed by atoms with Crippen molar-refractivity contribution in [2.24, 2.45) is 4.99 Å². The number of aliphatic imine (C=N–C) groups is 1. The van der Waals surface area contributed by atoms with E-state index in [1.54, 1.807) is 12.1 Å². The van der Waals surface area contributed by atoms with Crippen LogP contribution in [0.2, 0.25) is 0 Å². The minimum atomic E-state index is -0.0900. The fourth-order valence-electron chi connectivity index (χ4n) is 3.26. The van der Waals surface area contributed by atoms with Gasteiger partial charge in [0.2, 0.25) is 5.91 Å². The van der Waals surface area contributed by atoms with Gasteiger partial charge in [-0.2, -0.15) is 17.0 Å². The summed E-state index contributed by atoms with van der Waals surface area (Å²) in [6.07, 6.45) is 0.190. The second kappa shape index (κ2) is 7.90. The summed E-state index contributed by atoms with van der Waals surface area (Å²) in [5, 5.41) is 12.1. The third-order valence-corrected chi connectivity index (χ3v) is 6.41. The third-order valence-electron chi connectivity index (χ3n) is 4.60. The Balaban J connectivity index is 1.79. The summed E-state index contributed by atoms with van der Waals surface area (Å²) in [6, 6.07) is 13.5. The van der Waals surface area contributed by atoms with Crippen LogP contribution in [-0.2, 0) is 4.79 Å². The molecule has 2 aliphatic heterocycles. The summed E-state index contributed by atoms with van der Waals surface area (Å²) in [5.74, 6) is 2.16. The lowest BCUT2D eigenvalue weighted by Gasteiger charge is -2.30. The van der Waals surface area contributed by atoms with Crippen molar-refractivity contribution in [2.45, 2.75) is 6.42 Å². The number of carbonyl (C=O) groups is 1. The van der Waals surface area contributed by atoms with Crippen molar-refractivity contribution in [1.29, 1.82) is 5.26 Å². The number of carbonyl (C=O) groups excluding carboxylic acids is 1. The Morgan fingerprint density at radius 1 is 1.22 bits per heavy atom. The van der Waals surface area contributed by atoms with Crippen LogP contribution in [0.4, 0.5) is 17.1 Å². The van der Waals surface area contributed by atoms with E-state index in [0.717, 1.165) is 45.1 Å². The van der Waals surface area contributed by atoms with Crippen molar-refractivity contribution in [3.05, 3.63) is 51.1 Å².